The van der Waals surface area contributed by atoms with Crippen molar-refractivity contribution in [3.63, 3.8) is 0 Å². The van der Waals surface area contributed by atoms with Crippen LogP contribution in [0.4, 0.5) is 0 Å². The molecule has 1 unspecified atom stereocenters. The Morgan fingerprint density at radius 2 is 2.04 bits per heavy atom. The van der Waals surface area contributed by atoms with Gasteiger partial charge >= 0.3 is 0 Å². The number of carbonyl (C=O) groups excluding carboxylic acids is 1. The van der Waals surface area contributed by atoms with Gasteiger partial charge in [0.25, 0.3) is 0 Å². The van der Waals surface area contributed by atoms with Crippen LogP contribution in [0.3, 0.4) is 0 Å². The zero-order valence-corrected chi connectivity index (χ0v) is 16.2. The topological polar surface area (TPSA) is 42.4 Å². The number of benzene rings is 1. The lowest BCUT2D eigenvalue weighted by molar-refractivity contribution is -0.129. The molecule has 1 fully saturated rings. The van der Waals surface area contributed by atoms with Crippen molar-refractivity contribution in [2.45, 2.75) is 38.7 Å². The predicted molar refractivity (Wildman–Crippen MR) is 102 cm³/mol. The second-order valence-corrected chi connectivity index (χ2v) is 7.67. The van der Waals surface area contributed by atoms with Crippen molar-refractivity contribution >= 4 is 21.8 Å². The molecule has 2 aromatic rings. The number of aromatic nitrogens is 1. The van der Waals surface area contributed by atoms with Crippen LogP contribution >= 0.6 is 15.9 Å². The maximum Gasteiger partial charge on any atom is 0.227 e. The molecule has 4 nitrogen and oxygen atoms in total. The predicted octanol–water partition coefficient (Wildman–Crippen LogP) is 4.19. The number of pyridine rings is 1. The number of nitrogens with zero attached hydrogens (tertiary/aromatic N) is 2. The van der Waals surface area contributed by atoms with Crippen molar-refractivity contribution in [2.75, 3.05) is 13.1 Å². The Bertz CT molecular complexity index is 713. The Morgan fingerprint density at radius 1 is 1.28 bits per heavy atom. The fourth-order valence-electron chi connectivity index (χ4n) is 2.96. The molecular weight excluding hydrogens is 380 g/mol. The molecule has 1 atom stereocenters. The van der Waals surface area contributed by atoms with Gasteiger partial charge in [-0.3, -0.25) is 4.79 Å². The highest BCUT2D eigenvalue weighted by molar-refractivity contribution is 9.10. The van der Waals surface area contributed by atoms with Crippen LogP contribution in [0.15, 0.2) is 47.1 Å². The molecule has 25 heavy (non-hydrogen) atoms. The Hall–Kier alpha value is -1.88. The lowest BCUT2D eigenvalue weighted by atomic mass is 10.0. The standard InChI is InChI=1S/C20H23BrN2O2/c1-14(2)16-5-3-15(4-6-16)11-20(24)23-10-9-18(13-23)25-19-8-7-17(21)12-22-19/h3-8,12,14,18H,9-11,13H2,1-2H3. The first-order chi connectivity index (χ1) is 12.0. The van der Waals surface area contributed by atoms with Crippen molar-refractivity contribution in [2.24, 2.45) is 0 Å². The van der Waals surface area contributed by atoms with Crippen LogP contribution in [0.5, 0.6) is 5.88 Å². The lowest BCUT2D eigenvalue weighted by Gasteiger charge is -2.17. The molecular formula is C20H23BrN2O2. The van der Waals surface area contributed by atoms with Gasteiger partial charge in [0, 0.05) is 29.7 Å². The normalized spacial score (nSPS) is 17.1. The maximum atomic E-state index is 12.5. The summed E-state index contributed by atoms with van der Waals surface area (Å²) in [5.74, 6) is 1.27. The Labute approximate surface area is 157 Å². The molecule has 0 N–H and O–H groups in total. The fraction of sp³-hybridized carbons (Fsp3) is 0.400. The summed E-state index contributed by atoms with van der Waals surface area (Å²) in [5, 5.41) is 0. The highest BCUT2D eigenvalue weighted by Gasteiger charge is 2.27. The largest absolute Gasteiger partial charge is 0.472 e. The summed E-state index contributed by atoms with van der Waals surface area (Å²) in [6.45, 7) is 5.71. The van der Waals surface area contributed by atoms with E-state index >= 15 is 0 Å². The Morgan fingerprint density at radius 3 is 2.68 bits per heavy atom. The van der Waals surface area contributed by atoms with Crippen LogP contribution in [-0.4, -0.2) is 35.0 Å². The number of rotatable bonds is 5. The summed E-state index contributed by atoms with van der Waals surface area (Å²) in [4.78, 5) is 18.6. The number of amides is 1. The highest BCUT2D eigenvalue weighted by Crippen LogP contribution is 2.20. The number of ether oxygens (including phenoxy) is 1. The molecule has 1 saturated heterocycles. The number of halogens is 1. The summed E-state index contributed by atoms with van der Waals surface area (Å²) >= 11 is 3.36. The molecule has 1 aromatic heterocycles. The van der Waals surface area contributed by atoms with E-state index in [4.69, 9.17) is 4.74 Å². The van der Waals surface area contributed by atoms with Gasteiger partial charge in [0.2, 0.25) is 11.8 Å². The molecule has 5 heteroatoms. The number of likely N-dealkylation sites (tertiary alicyclic amines) is 1. The van der Waals surface area contributed by atoms with Crippen molar-refractivity contribution in [1.82, 2.24) is 9.88 Å². The quantitative estimate of drug-likeness (QED) is 0.752. The Balaban J connectivity index is 1.52. The van der Waals surface area contributed by atoms with E-state index in [-0.39, 0.29) is 12.0 Å². The molecule has 0 radical (unpaired) electrons. The third kappa shape index (κ3) is 4.82. The first-order valence-electron chi connectivity index (χ1n) is 8.66. The third-order valence-corrected chi connectivity index (χ3v) is 4.96. The molecule has 132 valence electrons. The highest BCUT2D eigenvalue weighted by atomic mass is 79.9. The van der Waals surface area contributed by atoms with E-state index in [0.29, 0.717) is 24.8 Å². The molecule has 0 saturated carbocycles. The van der Waals surface area contributed by atoms with Gasteiger partial charge in [-0.2, -0.15) is 0 Å². The second kappa shape index (κ2) is 8.00. The molecule has 1 aliphatic rings. The summed E-state index contributed by atoms with van der Waals surface area (Å²) in [6.07, 6.45) is 3.02. The van der Waals surface area contributed by atoms with Gasteiger partial charge in [-0.15, -0.1) is 0 Å². The SMILES string of the molecule is CC(C)c1ccc(CC(=O)N2CCC(Oc3ccc(Br)cn3)C2)cc1. The zero-order valence-electron chi connectivity index (χ0n) is 14.6. The monoisotopic (exact) mass is 402 g/mol. The molecule has 1 amide bonds. The first kappa shape index (κ1) is 17.9. The minimum absolute atomic E-state index is 0.0148. The van der Waals surface area contributed by atoms with Crippen LogP contribution in [0.25, 0.3) is 0 Å². The fourth-order valence-corrected chi connectivity index (χ4v) is 3.20. The molecule has 2 heterocycles. The van der Waals surface area contributed by atoms with Gasteiger partial charge in [-0.25, -0.2) is 4.98 Å². The lowest BCUT2D eigenvalue weighted by Crippen LogP contribution is -2.32. The minimum atomic E-state index is 0.0148. The average Bonchev–Trinajstić information content (AvgIpc) is 3.06. The molecule has 1 aromatic carbocycles. The van der Waals surface area contributed by atoms with E-state index in [9.17, 15) is 4.79 Å². The van der Waals surface area contributed by atoms with Gasteiger partial charge in [0.1, 0.15) is 6.10 Å². The molecule has 0 spiro atoms. The molecule has 0 aliphatic carbocycles. The smallest absolute Gasteiger partial charge is 0.227 e. The van der Waals surface area contributed by atoms with Crippen LogP contribution in [0.2, 0.25) is 0 Å². The second-order valence-electron chi connectivity index (χ2n) is 6.76. The minimum Gasteiger partial charge on any atom is -0.472 e. The van der Waals surface area contributed by atoms with E-state index in [0.717, 1.165) is 23.0 Å². The summed E-state index contributed by atoms with van der Waals surface area (Å²) < 4.78 is 6.80. The van der Waals surface area contributed by atoms with E-state index in [1.807, 2.05) is 17.0 Å². The number of hydrogen-bond donors (Lipinski definition) is 0. The van der Waals surface area contributed by atoms with Crippen molar-refractivity contribution in [3.8, 4) is 5.88 Å². The average molecular weight is 403 g/mol. The van der Waals surface area contributed by atoms with Crippen molar-refractivity contribution < 1.29 is 9.53 Å². The third-order valence-electron chi connectivity index (χ3n) is 4.49. The molecule has 0 bridgehead atoms. The van der Waals surface area contributed by atoms with E-state index in [1.165, 1.54) is 5.56 Å². The first-order valence-corrected chi connectivity index (χ1v) is 9.45. The number of carbonyl (C=O) groups is 1. The van der Waals surface area contributed by atoms with Gasteiger partial charge in [0.05, 0.1) is 13.0 Å². The van der Waals surface area contributed by atoms with E-state index in [2.05, 4.69) is 59.0 Å². The number of hydrogen-bond acceptors (Lipinski definition) is 3. The van der Waals surface area contributed by atoms with Crippen LogP contribution in [0.1, 0.15) is 37.3 Å². The zero-order chi connectivity index (χ0) is 17.8. The van der Waals surface area contributed by atoms with Crippen LogP contribution in [0, 0.1) is 0 Å². The summed E-state index contributed by atoms with van der Waals surface area (Å²) in [5.41, 5.74) is 2.36. The van der Waals surface area contributed by atoms with E-state index < -0.39 is 0 Å². The van der Waals surface area contributed by atoms with Gasteiger partial charge < -0.3 is 9.64 Å². The summed E-state index contributed by atoms with van der Waals surface area (Å²) in [7, 11) is 0. The summed E-state index contributed by atoms with van der Waals surface area (Å²) in [6, 6.07) is 12.1. The van der Waals surface area contributed by atoms with Crippen molar-refractivity contribution in [3.05, 3.63) is 58.2 Å². The van der Waals surface area contributed by atoms with Gasteiger partial charge in [-0.05, 0) is 39.0 Å². The van der Waals surface area contributed by atoms with Crippen molar-refractivity contribution in [1.29, 1.82) is 0 Å². The van der Waals surface area contributed by atoms with E-state index in [1.54, 1.807) is 6.20 Å². The maximum absolute atomic E-state index is 12.5. The molecule has 1 aliphatic heterocycles. The van der Waals surface area contributed by atoms with Gasteiger partial charge in [-0.1, -0.05) is 38.1 Å². The molecule has 3 rings (SSSR count). The van der Waals surface area contributed by atoms with Crippen LogP contribution < -0.4 is 4.74 Å². The van der Waals surface area contributed by atoms with Gasteiger partial charge in [0.15, 0.2) is 0 Å². The Kier molecular flexibility index (Phi) is 5.74. The van der Waals surface area contributed by atoms with Crippen LogP contribution in [-0.2, 0) is 11.2 Å².